The molecule has 1 saturated heterocycles. The zero-order valence-electron chi connectivity index (χ0n) is 15.8. The molecular weight excluding hydrogens is 466 g/mol. The fraction of sp³-hybridized carbons (Fsp3) is 0.278. The number of ether oxygens (including phenoxy) is 1. The second kappa shape index (κ2) is 8.61. The van der Waals surface area contributed by atoms with Crippen LogP contribution in [-0.2, 0) is 15.0 Å². The van der Waals surface area contributed by atoms with E-state index >= 15 is 0 Å². The number of alkyl halides is 3. The van der Waals surface area contributed by atoms with Crippen molar-refractivity contribution in [2.45, 2.75) is 24.9 Å². The molecule has 1 aliphatic heterocycles. The van der Waals surface area contributed by atoms with Crippen LogP contribution in [0, 0.1) is 5.82 Å². The molecule has 2 N–H and O–H groups in total. The molecule has 1 unspecified atom stereocenters. The summed E-state index contributed by atoms with van der Waals surface area (Å²) < 4.78 is 82.8. The van der Waals surface area contributed by atoms with Crippen molar-refractivity contribution in [3.05, 3.63) is 58.9 Å². The van der Waals surface area contributed by atoms with E-state index in [0.717, 1.165) is 22.5 Å². The van der Waals surface area contributed by atoms with Crippen molar-refractivity contribution in [3.8, 4) is 5.75 Å². The van der Waals surface area contributed by atoms with Crippen molar-refractivity contribution in [2.24, 2.45) is 0 Å². The Morgan fingerprint density at radius 3 is 2.61 bits per heavy atom. The Balaban J connectivity index is 1.84. The van der Waals surface area contributed by atoms with Gasteiger partial charge >= 0.3 is 6.36 Å². The van der Waals surface area contributed by atoms with E-state index in [1.165, 1.54) is 31.3 Å². The number of anilines is 1. The molecule has 13 heteroatoms. The van der Waals surface area contributed by atoms with E-state index in [9.17, 15) is 30.8 Å². The second-order valence-corrected chi connectivity index (χ2v) is 8.85. The summed E-state index contributed by atoms with van der Waals surface area (Å²) in [5.41, 5.74) is 0.332. The zero-order chi connectivity index (χ0) is 23.0. The van der Waals surface area contributed by atoms with Crippen molar-refractivity contribution in [3.63, 3.8) is 0 Å². The highest BCUT2D eigenvalue weighted by Crippen LogP contribution is 2.32. The minimum Gasteiger partial charge on any atom is -0.406 e. The Morgan fingerprint density at radius 2 is 1.97 bits per heavy atom. The van der Waals surface area contributed by atoms with Crippen molar-refractivity contribution in [1.82, 2.24) is 9.03 Å². The summed E-state index contributed by atoms with van der Waals surface area (Å²) in [6, 6.07) is 6.07. The first-order chi connectivity index (χ1) is 14.4. The Hall–Kier alpha value is -2.41. The standard InChI is InChI=1S/C18H16ClF4N3O4S/c1-26-16(17(27)24-11-5-6-14(20)13(19)8-11)9-15(25-31(26,28)29)10-3-2-4-12(7-10)30-18(21,22)23/h2-8,15-16,25H,9H2,1H3,(H,24,27)/t15-,16?/m0/s1. The van der Waals surface area contributed by atoms with Crippen LogP contribution in [-0.4, -0.2) is 38.1 Å². The number of amides is 1. The third kappa shape index (κ3) is 5.64. The highest BCUT2D eigenvalue weighted by atomic mass is 35.5. The highest BCUT2D eigenvalue weighted by molar-refractivity contribution is 7.87. The van der Waals surface area contributed by atoms with Gasteiger partial charge in [0.05, 0.1) is 11.1 Å². The highest BCUT2D eigenvalue weighted by Gasteiger charge is 2.41. The molecule has 0 aliphatic carbocycles. The van der Waals surface area contributed by atoms with Gasteiger partial charge in [0.1, 0.15) is 17.6 Å². The van der Waals surface area contributed by atoms with E-state index in [2.05, 4.69) is 14.8 Å². The molecule has 2 atom stereocenters. The van der Waals surface area contributed by atoms with E-state index in [1.54, 1.807) is 0 Å². The predicted molar refractivity (Wildman–Crippen MR) is 104 cm³/mol. The molecule has 1 fully saturated rings. The number of nitrogens with one attached hydrogen (secondary N) is 2. The lowest BCUT2D eigenvalue weighted by Gasteiger charge is -2.36. The van der Waals surface area contributed by atoms with Crippen LogP contribution in [0.15, 0.2) is 42.5 Å². The molecule has 1 amide bonds. The molecule has 0 aromatic heterocycles. The Bertz CT molecular complexity index is 1100. The number of benzene rings is 2. The van der Waals surface area contributed by atoms with Crippen LogP contribution in [0.3, 0.4) is 0 Å². The molecule has 2 aromatic rings. The predicted octanol–water partition coefficient (Wildman–Crippen LogP) is 3.60. The van der Waals surface area contributed by atoms with Crippen LogP contribution in [0.1, 0.15) is 18.0 Å². The molecule has 1 heterocycles. The van der Waals surface area contributed by atoms with Crippen molar-refractivity contribution >= 4 is 33.4 Å². The van der Waals surface area contributed by atoms with Gasteiger partial charge in [-0.15, -0.1) is 13.2 Å². The summed E-state index contributed by atoms with van der Waals surface area (Å²) in [4.78, 5) is 12.7. The average molecular weight is 482 g/mol. The summed E-state index contributed by atoms with van der Waals surface area (Å²) in [5.74, 6) is -1.93. The minimum atomic E-state index is -4.91. The van der Waals surface area contributed by atoms with Crippen molar-refractivity contribution in [2.75, 3.05) is 12.4 Å². The molecule has 3 rings (SSSR count). The van der Waals surface area contributed by atoms with Crippen molar-refractivity contribution in [1.29, 1.82) is 0 Å². The maximum Gasteiger partial charge on any atom is 0.573 e. The van der Waals surface area contributed by atoms with Crippen LogP contribution >= 0.6 is 11.6 Å². The fourth-order valence-electron chi connectivity index (χ4n) is 3.05. The largest absolute Gasteiger partial charge is 0.573 e. The quantitative estimate of drug-likeness (QED) is 0.653. The summed E-state index contributed by atoms with van der Waals surface area (Å²) in [6.07, 6.45) is -5.00. The van der Waals surface area contributed by atoms with Gasteiger partial charge in [-0.1, -0.05) is 23.7 Å². The van der Waals surface area contributed by atoms with E-state index in [1.807, 2.05) is 0 Å². The zero-order valence-corrected chi connectivity index (χ0v) is 17.4. The van der Waals surface area contributed by atoms with Crippen LogP contribution in [0.4, 0.5) is 23.2 Å². The Labute approximate surface area is 180 Å². The summed E-state index contributed by atoms with van der Waals surface area (Å²) in [5, 5.41) is 2.23. The molecule has 31 heavy (non-hydrogen) atoms. The van der Waals surface area contributed by atoms with Gasteiger partial charge in [0.2, 0.25) is 5.91 Å². The van der Waals surface area contributed by atoms with Crippen LogP contribution in [0.2, 0.25) is 5.02 Å². The molecule has 0 radical (unpaired) electrons. The van der Waals surface area contributed by atoms with Crippen molar-refractivity contribution < 1.29 is 35.5 Å². The maximum absolute atomic E-state index is 13.3. The number of hydrogen-bond acceptors (Lipinski definition) is 4. The van der Waals surface area contributed by atoms with Gasteiger partial charge in [-0.25, -0.2) is 4.39 Å². The number of carbonyl (C=O) groups excluding carboxylic acids is 1. The first-order valence-corrected chi connectivity index (χ1v) is 10.5. The van der Waals surface area contributed by atoms with E-state index in [4.69, 9.17) is 11.6 Å². The minimum absolute atomic E-state index is 0.0913. The Morgan fingerprint density at radius 1 is 1.26 bits per heavy atom. The molecule has 0 spiro atoms. The third-order valence-electron chi connectivity index (χ3n) is 4.55. The molecule has 2 aromatic carbocycles. The summed E-state index contributed by atoms with van der Waals surface area (Å²) in [6.45, 7) is 0. The lowest BCUT2D eigenvalue weighted by atomic mass is 9.99. The molecule has 168 valence electrons. The lowest BCUT2D eigenvalue weighted by molar-refractivity contribution is -0.274. The van der Waals surface area contributed by atoms with Gasteiger partial charge in [-0.2, -0.15) is 17.4 Å². The van der Waals surface area contributed by atoms with E-state index in [0.29, 0.717) is 0 Å². The van der Waals surface area contributed by atoms with E-state index < -0.39 is 46.1 Å². The van der Waals surface area contributed by atoms with Crippen LogP contribution in [0.25, 0.3) is 0 Å². The first-order valence-electron chi connectivity index (χ1n) is 8.72. The average Bonchev–Trinajstić information content (AvgIpc) is 2.65. The normalized spacial score (nSPS) is 21.5. The van der Waals surface area contributed by atoms with Gasteiger partial charge in [0.15, 0.2) is 0 Å². The SMILES string of the molecule is CN1C(C(=O)Nc2ccc(F)c(Cl)c2)C[C@@H](c2cccc(OC(F)(F)F)c2)NS1(=O)=O. The Kier molecular flexibility index (Phi) is 6.46. The fourth-order valence-corrected chi connectivity index (χ4v) is 4.51. The van der Waals surface area contributed by atoms with Crippen LogP contribution < -0.4 is 14.8 Å². The maximum atomic E-state index is 13.3. The van der Waals surface area contributed by atoms with E-state index in [-0.39, 0.29) is 22.7 Å². The molecule has 7 nitrogen and oxygen atoms in total. The lowest BCUT2D eigenvalue weighted by Crippen LogP contribution is -2.55. The van der Waals surface area contributed by atoms with Gasteiger partial charge < -0.3 is 10.1 Å². The topological polar surface area (TPSA) is 87.7 Å². The number of hydrogen-bond donors (Lipinski definition) is 2. The van der Waals surface area contributed by atoms with Gasteiger partial charge in [0, 0.05) is 12.7 Å². The molecular formula is C18H16ClF4N3O4S. The third-order valence-corrected chi connectivity index (χ3v) is 6.44. The monoisotopic (exact) mass is 481 g/mol. The van der Waals surface area contributed by atoms with Crippen LogP contribution in [0.5, 0.6) is 5.75 Å². The van der Waals surface area contributed by atoms with Gasteiger partial charge in [0.25, 0.3) is 10.2 Å². The second-order valence-electron chi connectivity index (χ2n) is 6.68. The van der Waals surface area contributed by atoms with Gasteiger partial charge in [-0.3, -0.25) is 4.79 Å². The van der Waals surface area contributed by atoms with Gasteiger partial charge in [-0.05, 0) is 42.3 Å². The summed E-state index contributed by atoms with van der Waals surface area (Å²) in [7, 11) is -2.95. The first kappa shape index (κ1) is 23.3. The number of halogens is 5. The number of rotatable bonds is 4. The number of carbonyl (C=O) groups is 1. The number of nitrogens with zero attached hydrogens (tertiary/aromatic N) is 1. The summed E-state index contributed by atoms with van der Waals surface area (Å²) >= 11 is 5.69. The smallest absolute Gasteiger partial charge is 0.406 e. The number of likely N-dealkylation sites (N-methyl/N-ethyl adjacent to an activating group) is 1. The molecule has 0 bridgehead atoms. The molecule has 0 saturated carbocycles. The molecule has 1 aliphatic rings.